The topological polar surface area (TPSA) is 61.7 Å². The van der Waals surface area contributed by atoms with Crippen LogP contribution >= 0.6 is 0 Å². The van der Waals surface area contributed by atoms with Crippen LogP contribution in [0.2, 0.25) is 0 Å². The number of nitrogens with one attached hydrogen (secondary N) is 1. The first-order valence-electron chi connectivity index (χ1n) is 6.87. The second-order valence-electron chi connectivity index (χ2n) is 4.74. The number of phenolic OH excluding ortho intramolecular Hbond substituents is 1. The predicted octanol–water partition coefficient (Wildman–Crippen LogP) is 2.29. The maximum Gasteiger partial charge on any atom is 0.162 e. The van der Waals surface area contributed by atoms with Crippen molar-refractivity contribution in [3.8, 4) is 11.5 Å². The molecule has 108 valence electrons. The number of aromatic hydroxyl groups is 1. The number of phenols is 1. The van der Waals surface area contributed by atoms with Crippen molar-refractivity contribution in [2.45, 2.75) is 39.3 Å². The van der Waals surface area contributed by atoms with E-state index in [0.717, 1.165) is 18.4 Å². The summed E-state index contributed by atoms with van der Waals surface area (Å²) in [5.74, 6) is 0.959. The van der Waals surface area contributed by atoms with Gasteiger partial charge in [-0.3, -0.25) is 0 Å². The minimum Gasteiger partial charge on any atom is -0.504 e. The van der Waals surface area contributed by atoms with E-state index in [1.807, 2.05) is 12.1 Å². The van der Waals surface area contributed by atoms with Gasteiger partial charge >= 0.3 is 0 Å². The molecule has 0 radical (unpaired) electrons. The molecule has 1 unspecified atom stereocenters. The van der Waals surface area contributed by atoms with E-state index in [0.29, 0.717) is 24.8 Å². The Morgan fingerprint density at radius 2 is 1.95 bits per heavy atom. The molecule has 4 nitrogen and oxygen atoms in total. The van der Waals surface area contributed by atoms with Crippen LogP contribution in [0.4, 0.5) is 0 Å². The molecule has 0 fully saturated rings. The Kier molecular flexibility index (Phi) is 6.67. The highest BCUT2D eigenvalue weighted by molar-refractivity contribution is 5.45. The second-order valence-corrected chi connectivity index (χ2v) is 4.74. The number of methoxy groups -OCH3 is 1. The van der Waals surface area contributed by atoms with Crippen LogP contribution in [0.3, 0.4) is 0 Å². The average Bonchev–Trinajstić information content (AvgIpc) is 2.42. The molecule has 1 aromatic carbocycles. The molecule has 0 aliphatic rings. The van der Waals surface area contributed by atoms with Crippen LogP contribution in [0.25, 0.3) is 0 Å². The fourth-order valence-electron chi connectivity index (χ4n) is 2.23. The molecule has 0 aliphatic heterocycles. The first-order chi connectivity index (χ1) is 9.13. The van der Waals surface area contributed by atoms with Crippen molar-refractivity contribution in [3.63, 3.8) is 0 Å². The molecule has 1 atom stereocenters. The third-order valence-corrected chi connectivity index (χ3v) is 3.56. The normalized spacial score (nSPS) is 12.7. The number of hydrogen-bond donors (Lipinski definition) is 3. The molecule has 0 aromatic heterocycles. The van der Waals surface area contributed by atoms with E-state index < -0.39 is 0 Å². The lowest BCUT2D eigenvalue weighted by atomic mass is 9.96. The van der Waals surface area contributed by atoms with Gasteiger partial charge < -0.3 is 20.3 Å². The van der Waals surface area contributed by atoms with Crippen LogP contribution in [-0.4, -0.2) is 30.0 Å². The third-order valence-electron chi connectivity index (χ3n) is 3.56. The van der Waals surface area contributed by atoms with Crippen molar-refractivity contribution < 1.29 is 14.9 Å². The summed E-state index contributed by atoms with van der Waals surface area (Å²) < 4.78 is 5.06. The Labute approximate surface area is 115 Å². The maximum absolute atomic E-state index is 10.0. The van der Waals surface area contributed by atoms with Gasteiger partial charge in [-0.25, -0.2) is 0 Å². The average molecular weight is 267 g/mol. The molecule has 0 amide bonds. The van der Waals surface area contributed by atoms with Crippen molar-refractivity contribution in [1.29, 1.82) is 0 Å². The number of hydrogen-bond acceptors (Lipinski definition) is 4. The van der Waals surface area contributed by atoms with E-state index >= 15 is 0 Å². The molecule has 19 heavy (non-hydrogen) atoms. The number of aliphatic hydroxyl groups is 1. The number of ether oxygens (including phenoxy) is 1. The van der Waals surface area contributed by atoms with Gasteiger partial charge in [0.15, 0.2) is 11.5 Å². The Morgan fingerprint density at radius 1 is 1.26 bits per heavy atom. The largest absolute Gasteiger partial charge is 0.504 e. The van der Waals surface area contributed by atoms with Gasteiger partial charge in [0.05, 0.1) is 13.2 Å². The first kappa shape index (κ1) is 15.8. The summed E-state index contributed by atoms with van der Waals surface area (Å²) >= 11 is 0. The fraction of sp³-hybridized carbons (Fsp3) is 0.600. The van der Waals surface area contributed by atoms with Gasteiger partial charge in [0.25, 0.3) is 0 Å². The maximum atomic E-state index is 10.0. The standard InChI is InChI=1S/C15H25NO3/c1-4-11(5-2)13(17)10-16-9-12-7-6-8-14(19-3)15(12)18/h6-8,11,13,16-18H,4-5,9-10H2,1-3H3. The molecule has 4 heteroatoms. The second kappa shape index (κ2) is 8.02. The van der Waals surface area contributed by atoms with Gasteiger partial charge in [0.1, 0.15) is 0 Å². The quantitative estimate of drug-likeness (QED) is 0.676. The zero-order valence-corrected chi connectivity index (χ0v) is 12.0. The SMILES string of the molecule is CCC(CC)C(O)CNCc1cccc(OC)c1O. The van der Waals surface area contributed by atoms with Crippen LogP contribution in [0, 0.1) is 5.92 Å². The molecule has 0 bridgehead atoms. The molecule has 1 rings (SSSR count). The van der Waals surface area contributed by atoms with Crippen LogP contribution in [0.1, 0.15) is 32.3 Å². The highest BCUT2D eigenvalue weighted by Crippen LogP contribution is 2.29. The van der Waals surface area contributed by atoms with Crippen molar-refractivity contribution in [2.24, 2.45) is 5.92 Å². The third kappa shape index (κ3) is 4.40. The van der Waals surface area contributed by atoms with Crippen LogP contribution < -0.4 is 10.1 Å². The minimum absolute atomic E-state index is 0.162. The molecule has 0 spiro atoms. The summed E-state index contributed by atoms with van der Waals surface area (Å²) in [5, 5.41) is 23.1. The van der Waals surface area contributed by atoms with E-state index in [9.17, 15) is 10.2 Å². The highest BCUT2D eigenvalue weighted by atomic mass is 16.5. The molecule has 0 saturated heterocycles. The lowest BCUT2D eigenvalue weighted by Gasteiger charge is -2.20. The van der Waals surface area contributed by atoms with Gasteiger partial charge in [0.2, 0.25) is 0 Å². The number of para-hydroxylation sites is 1. The Balaban J connectivity index is 2.49. The van der Waals surface area contributed by atoms with Crippen molar-refractivity contribution >= 4 is 0 Å². The first-order valence-corrected chi connectivity index (χ1v) is 6.87. The minimum atomic E-state index is -0.345. The van der Waals surface area contributed by atoms with Gasteiger partial charge in [-0.1, -0.05) is 38.8 Å². The molecule has 0 aliphatic carbocycles. The summed E-state index contributed by atoms with van der Waals surface area (Å²) in [5.41, 5.74) is 0.774. The van der Waals surface area contributed by atoms with Gasteiger partial charge in [-0.05, 0) is 12.0 Å². The van der Waals surface area contributed by atoms with E-state index in [2.05, 4.69) is 19.2 Å². The van der Waals surface area contributed by atoms with Crippen LogP contribution in [-0.2, 0) is 6.54 Å². The summed E-state index contributed by atoms with van der Waals surface area (Å²) in [6.45, 7) is 5.22. The number of benzene rings is 1. The molecule has 3 N–H and O–H groups in total. The number of aliphatic hydroxyl groups excluding tert-OH is 1. The smallest absolute Gasteiger partial charge is 0.162 e. The van der Waals surface area contributed by atoms with Gasteiger partial charge in [-0.15, -0.1) is 0 Å². The molecule has 1 aromatic rings. The van der Waals surface area contributed by atoms with Crippen molar-refractivity contribution in [2.75, 3.05) is 13.7 Å². The van der Waals surface area contributed by atoms with E-state index in [4.69, 9.17) is 4.74 Å². The summed E-state index contributed by atoms with van der Waals surface area (Å²) in [6.07, 6.45) is 1.61. The van der Waals surface area contributed by atoms with Crippen molar-refractivity contribution in [3.05, 3.63) is 23.8 Å². The Bertz CT molecular complexity index is 378. The summed E-state index contributed by atoms with van der Waals surface area (Å²) in [4.78, 5) is 0. The zero-order valence-electron chi connectivity index (χ0n) is 12.0. The Hall–Kier alpha value is -1.26. The number of rotatable bonds is 8. The zero-order chi connectivity index (χ0) is 14.3. The monoisotopic (exact) mass is 267 g/mol. The lowest BCUT2D eigenvalue weighted by Crippen LogP contribution is -2.32. The van der Waals surface area contributed by atoms with E-state index in [1.165, 1.54) is 7.11 Å². The van der Waals surface area contributed by atoms with Crippen molar-refractivity contribution in [1.82, 2.24) is 5.32 Å². The molecule has 0 saturated carbocycles. The van der Waals surface area contributed by atoms with Gasteiger partial charge in [-0.2, -0.15) is 0 Å². The lowest BCUT2D eigenvalue weighted by molar-refractivity contribution is 0.101. The molecular formula is C15H25NO3. The fourth-order valence-corrected chi connectivity index (χ4v) is 2.23. The Morgan fingerprint density at radius 3 is 2.53 bits per heavy atom. The van der Waals surface area contributed by atoms with E-state index in [1.54, 1.807) is 6.07 Å². The summed E-state index contributed by atoms with van der Waals surface area (Å²) in [7, 11) is 1.53. The predicted molar refractivity (Wildman–Crippen MR) is 76.4 cm³/mol. The molecular weight excluding hydrogens is 242 g/mol. The highest BCUT2D eigenvalue weighted by Gasteiger charge is 2.15. The van der Waals surface area contributed by atoms with Crippen LogP contribution in [0.5, 0.6) is 11.5 Å². The molecule has 0 heterocycles. The summed E-state index contributed by atoms with van der Waals surface area (Å²) in [6, 6.07) is 5.40. The van der Waals surface area contributed by atoms with E-state index in [-0.39, 0.29) is 11.9 Å². The van der Waals surface area contributed by atoms with Crippen LogP contribution in [0.15, 0.2) is 18.2 Å². The van der Waals surface area contributed by atoms with Gasteiger partial charge in [0, 0.05) is 18.7 Å².